The number of halogens is 2. The lowest BCUT2D eigenvalue weighted by Gasteiger charge is -2.30. The molecule has 2 saturated heterocycles. The van der Waals surface area contributed by atoms with Crippen LogP contribution >= 0.6 is 11.6 Å². The van der Waals surface area contributed by atoms with Crippen LogP contribution in [-0.4, -0.2) is 62.8 Å². The highest BCUT2D eigenvalue weighted by Gasteiger charge is 2.33. The average molecular weight is 385 g/mol. The van der Waals surface area contributed by atoms with Gasteiger partial charge in [-0.15, -0.1) is 11.6 Å². The highest BCUT2D eigenvalue weighted by atomic mass is 35.5. The molecule has 3 rings (SSSR count). The molecule has 2 aliphatic heterocycles. The molecule has 7 nitrogen and oxygen atoms in total. The Labute approximate surface area is 156 Å². The van der Waals surface area contributed by atoms with Crippen LogP contribution < -0.4 is 20.4 Å². The SMILES string of the molecule is C[C@H](Cl)C(=O)NC[C@H]1CN(c2ccc(N3CCNCC3)c(F)c2)C(=O)O1. The second-order valence-electron chi connectivity index (χ2n) is 6.35. The zero-order valence-electron chi connectivity index (χ0n) is 14.5. The molecule has 1 aromatic carbocycles. The van der Waals surface area contributed by atoms with Gasteiger partial charge in [0.1, 0.15) is 17.3 Å². The number of anilines is 2. The number of ether oxygens (including phenoxy) is 1. The molecular weight excluding hydrogens is 363 g/mol. The van der Waals surface area contributed by atoms with Crippen LogP contribution in [0.5, 0.6) is 0 Å². The Morgan fingerprint density at radius 1 is 1.46 bits per heavy atom. The Morgan fingerprint density at radius 2 is 2.19 bits per heavy atom. The monoisotopic (exact) mass is 384 g/mol. The summed E-state index contributed by atoms with van der Waals surface area (Å²) in [5.74, 6) is -0.697. The number of piperazine rings is 1. The van der Waals surface area contributed by atoms with Crippen LogP contribution in [0.2, 0.25) is 0 Å². The molecule has 26 heavy (non-hydrogen) atoms. The first-order valence-electron chi connectivity index (χ1n) is 8.61. The minimum absolute atomic E-state index is 0.166. The van der Waals surface area contributed by atoms with Gasteiger partial charge in [0.05, 0.1) is 24.5 Å². The van der Waals surface area contributed by atoms with Gasteiger partial charge < -0.3 is 20.3 Å². The predicted octanol–water partition coefficient (Wildman–Crippen LogP) is 1.30. The fourth-order valence-corrected chi connectivity index (χ4v) is 3.10. The summed E-state index contributed by atoms with van der Waals surface area (Å²) in [6.07, 6.45) is -1.06. The maximum Gasteiger partial charge on any atom is 0.414 e. The largest absolute Gasteiger partial charge is 0.442 e. The number of carbonyl (C=O) groups is 2. The molecule has 0 unspecified atom stereocenters. The predicted molar refractivity (Wildman–Crippen MR) is 97.4 cm³/mol. The first-order valence-corrected chi connectivity index (χ1v) is 9.04. The standard InChI is InChI=1S/C17H22ClFN4O3/c1-11(18)16(24)21-9-13-10-23(17(25)26-13)12-2-3-15(14(19)8-12)22-6-4-20-5-7-22/h2-3,8,11,13,20H,4-7,9-10H2,1H3,(H,21,24)/t11-,13-/m0/s1. The van der Waals surface area contributed by atoms with Crippen molar-refractivity contribution >= 4 is 35.0 Å². The normalized spacial score (nSPS) is 21.5. The minimum Gasteiger partial charge on any atom is -0.442 e. The van der Waals surface area contributed by atoms with E-state index in [1.807, 2.05) is 4.90 Å². The van der Waals surface area contributed by atoms with Crippen LogP contribution in [0.1, 0.15) is 6.92 Å². The number of carbonyl (C=O) groups excluding carboxylic acids is 2. The molecular formula is C17H22ClFN4O3. The number of rotatable bonds is 5. The summed E-state index contributed by atoms with van der Waals surface area (Å²) in [4.78, 5) is 26.9. The zero-order chi connectivity index (χ0) is 18.7. The van der Waals surface area contributed by atoms with Crippen LogP contribution in [0.4, 0.5) is 20.6 Å². The van der Waals surface area contributed by atoms with Crippen molar-refractivity contribution in [2.24, 2.45) is 0 Å². The molecule has 1 aromatic rings. The van der Waals surface area contributed by atoms with Gasteiger partial charge in [-0.1, -0.05) is 0 Å². The summed E-state index contributed by atoms with van der Waals surface area (Å²) in [5, 5.41) is 5.19. The van der Waals surface area contributed by atoms with Crippen LogP contribution in [0.3, 0.4) is 0 Å². The van der Waals surface area contributed by atoms with Crippen LogP contribution in [0.15, 0.2) is 18.2 Å². The van der Waals surface area contributed by atoms with Gasteiger partial charge in [0.25, 0.3) is 0 Å². The number of hydrogen-bond donors (Lipinski definition) is 2. The molecule has 0 saturated carbocycles. The van der Waals surface area contributed by atoms with Gasteiger partial charge in [0.2, 0.25) is 5.91 Å². The van der Waals surface area contributed by atoms with Crippen molar-refractivity contribution in [1.29, 1.82) is 0 Å². The molecule has 2 atom stereocenters. The Hall–Kier alpha value is -2.06. The van der Waals surface area contributed by atoms with Crippen molar-refractivity contribution in [2.75, 3.05) is 49.1 Å². The van der Waals surface area contributed by atoms with Gasteiger partial charge in [0, 0.05) is 26.2 Å². The van der Waals surface area contributed by atoms with Crippen molar-refractivity contribution in [3.63, 3.8) is 0 Å². The lowest BCUT2D eigenvalue weighted by atomic mass is 10.2. The molecule has 0 spiro atoms. The van der Waals surface area contributed by atoms with Gasteiger partial charge in [-0.05, 0) is 25.1 Å². The highest BCUT2D eigenvalue weighted by Crippen LogP contribution is 2.28. The number of nitrogens with zero attached hydrogens (tertiary/aromatic N) is 2. The van der Waals surface area contributed by atoms with Gasteiger partial charge >= 0.3 is 6.09 Å². The van der Waals surface area contributed by atoms with E-state index in [2.05, 4.69) is 10.6 Å². The third-order valence-corrected chi connectivity index (χ3v) is 4.64. The summed E-state index contributed by atoms with van der Waals surface area (Å²) >= 11 is 5.68. The van der Waals surface area contributed by atoms with E-state index >= 15 is 0 Å². The average Bonchev–Trinajstić information content (AvgIpc) is 3.01. The minimum atomic E-state index is -0.658. The topological polar surface area (TPSA) is 73.9 Å². The molecule has 0 radical (unpaired) electrons. The molecule has 0 aromatic heterocycles. The fourth-order valence-electron chi connectivity index (χ4n) is 3.02. The Morgan fingerprint density at radius 3 is 2.85 bits per heavy atom. The first kappa shape index (κ1) is 18.7. The smallest absolute Gasteiger partial charge is 0.414 e. The molecule has 0 aliphatic carbocycles. The number of cyclic esters (lactones) is 1. The van der Waals surface area contributed by atoms with Gasteiger partial charge in [-0.25, -0.2) is 9.18 Å². The lowest BCUT2D eigenvalue weighted by Crippen LogP contribution is -2.43. The number of benzene rings is 1. The van der Waals surface area contributed by atoms with Crippen molar-refractivity contribution in [3.8, 4) is 0 Å². The third kappa shape index (κ3) is 4.19. The maximum absolute atomic E-state index is 14.5. The Balaban J connectivity index is 1.64. The maximum atomic E-state index is 14.5. The van der Waals surface area contributed by atoms with E-state index in [0.29, 0.717) is 11.4 Å². The Bertz CT molecular complexity index is 682. The van der Waals surface area contributed by atoms with Gasteiger partial charge in [-0.3, -0.25) is 9.69 Å². The summed E-state index contributed by atoms with van der Waals surface area (Å²) < 4.78 is 19.8. The number of alkyl halides is 1. The molecule has 9 heteroatoms. The lowest BCUT2D eigenvalue weighted by molar-refractivity contribution is -0.120. The van der Waals surface area contributed by atoms with Crippen molar-refractivity contribution < 1.29 is 18.7 Å². The number of amides is 2. The molecule has 2 amide bonds. The summed E-state index contributed by atoms with van der Waals surface area (Å²) in [6, 6.07) is 4.75. The highest BCUT2D eigenvalue weighted by molar-refractivity contribution is 6.30. The quantitative estimate of drug-likeness (QED) is 0.749. The van der Waals surface area contributed by atoms with E-state index in [1.165, 1.54) is 11.0 Å². The Kier molecular flexibility index (Phi) is 5.83. The van der Waals surface area contributed by atoms with Crippen molar-refractivity contribution in [1.82, 2.24) is 10.6 Å². The van der Waals surface area contributed by atoms with E-state index in [0.717, 1.165) is 26.2 Å². The van der Waals surface area contributed by atoms with Crippen LogP contribution in [-0.2, 0) is 9.53 Å². The van der Waals surface area contributed by atoms with E-state index < -0.39 is 17.6 Å². The number of hydrogen-bond acceptors (Lipinski definition) is 5. The second kappa shape index (κ2) is 8.09. The van der Waals surface area contributed by atoms with Crippen molar-refractivity contribution in [2.45, 2.75) is 18.4 Å². The van der Waals surface area contributed by atoms with E-state index in [9.17, 15) is 14.0 Å². The second-order valence-corrected chi connectivity index (χ2v) is 7.00. The van der Waals surface area contributed by atoms with Gasteiger partial charge in [-0.2, -0.15) is 0 Å². The molecule has 2 fully saturated rings. The van der Waals surface area contributed by atoms with Crippen LogP contribution in [0.25, 0.3) is 0 Å². The van der Waals surface area contributed by atoms with Gasteiger partial charge in [0.15, 0.2) is 0 Å². The zero-order valence-corrected chi connectivity index (χ0v) is 15.3. The molecule has 2 aliphatic rings. The fraction of sp³-hybridized carbons (Fsp3) is 0.529. The first-order chi connectivity index (χ1) is 12.5. The molecule has 0 bridgehead atoms. The van der Waals surface area contributed by atoms with E-state index in [-0.39, 0.29) is 24.8 Å². The summed E-state index contributed by atoms with van der Waals surface area (Å²) in [5.41, 5.74) is 0.966. The van der Waals surface area contributed by atoms with E-state index in [1.54, 1.807) is 19.1 Å². The molecule has 142 valence electrons. The summed E-state index contributed by atoms with van der Waals surface area (Å²) in [6.45, 7) is 5.07. The van der Waals surface area contributed by atoms with Crippen LogP contribution in [0, 0.1) is 5.82 Å². The van der Waals surface area contributed by atoms with Crippen molar-refractivity contribution in [3.05, 3.63) is 24.0 Å². The summed E-state index contributed by atoms with van der Waals surface area (Å²) in [7, 11) is 0. The number of nitrogens with one attached hydrogen (secondary N) is 2. The third-order valence-electron chi connectivity index (χ3n) is 4.44. The molecule has 2 N–H and O–H groups in total. The molecule has 2 heterocycles. The van der Waals surface area contributed by atoms with E-state index in [4.69, 9.17) is 16.3 Å².